The number of hydrogen-bond donors (Lipinski definition) is 1. The van der Waals surface area contributed by atoms with Gasteiger partial charge in [0.15, 0.2) is 0 Å². The molecule has 1 aliphatic rings. The van der Waals surface area contributed by atoms with Crippen molar-refractivity contribution in [3.8, 4) is 0 Å². The third kappa shape index (κ3) is 1.84. The van der Waals surface area contributed by atoms with Crippen LogP contribution in [0.5, 0.6) is 0 Å². The molecular formula is C12H20N2S. The zero-order chi connectivity index (χ0) is 10.9. The van der Waals surface area contributed by atoms with Crippen molar-refractivity contribution in [3.63, 3.8) is 0 Å². The summed E-state index contributed by atoms with van der Waals surface area (Å²) in [7, 11) is 4.33. The van der Waals surface area contributed by atoms with Crippen LogP contribution in [0.15, 0.2) is 17.5 Å². The Bertz CT molecular complexity index is 299. The number of hydrogen-bond acceptors (Lipinski definition) is 3. The van der Waals surface area contributed by atoms with E-state index in [1.54, 1.807) is 11.3 Å². The highest BCUT2D eigenvalue weighted by atomic mass is 32.1. The van der Waals surface area contributed by atoms with E-state index in [4.69, 9.17) is 5.73 Å². The zero-order valence-electron chi connectivity index (χ0n) is 9.57. The zero-order valence-corrected chi connectivity index (χ0v) is 10.4. The maximum atomic E-state index is 6.45. The Morgan fingerprint density at radius 2 is 2.07 bits per heavy atom. The van der Waals surface area contributed by atoms with E-state index in [9.17, 15) is 0 Å². The molecule has 1 unspecified atom stereocenters. The molecule has 1 fully saturated rings. The lowest BCUT2D eigenvalue weighted by atomic mass is 9.86. The van der Waals surface area contributed by atoms with Gasteiger partial charge < -0.3 is 10.6 Å². The number of nitrogens with two attached hydrogens (primary N) is 1. The summed E-state index contributed by atoms with van der Waals surface area (Å²) in [5.41, 5.74) is 6.65. The Kier molecular flexibility index (Phi) is 3.14. The molecule has 0 bridgehead atoms. The highest BCUT2D eigenvalue weighted by Gasteiger charge is 2.42. The Morgan fingerprint density at radius 1 is 1.40 bits per heavy atom. The van der Waals surface area contributed by atoms with Crippen LogP contribution in [0.25, 0.3) is 0 Å². The van der Waals surface area contributed by atoms with Crippen LogP contribution in [0.4, 0.5) is 0 Å². The average Bonchev–Trinajstić information content (AvgIpc) is 2.89. The lowest BCUT2D eigenvalue weighted by Crippen LogP contribution is -2.50. The Balaban J connectivity index is 2.25. The second-order valence-electron chi connectivity index (χ2n) is 4.70. The Labute approximate surface area is 96.1 Å². The fraction of sp³-hybridized carbons (Fsp3) is 0.667. The summed E-state index contributed by atoms with van der Waals surface area (Å²) in [6.07, 6.45) is 5.10. The molecule has 2 rings (SSSR count). The van der Waals surface area contributed by atoms with Crippen molar-refractivity contribution < 1.29 is 0 Å². The lowest BCUT2D eigenvalue weighted by Gasteiger charge is -2.41. The Morgan fingerprint density at radius 3 is 2.53 bits per heavy atom. The van der Waals surface area contributed by atoms with Gasteiger partial charge in [-0.1, -0.05) is 18.9 Å². The fourth-order valence-corrected chi connectivity index (χ4v) is 3.59. The van der Waals surface area contributed by atoms with E-state index >= 15 is 0 Å². The minimum absolute atomic E-state index is 0.176. The molecule has 1 saturated carbocycles. The number of nitrogens with zero attached hydrogens (tertiary/aromatic N) is 1. The first kappa shape index (κ1) is 11.1. The molecule has 84 valence electrons. The molecule has 2 N–H and O–H groups in total. The predicted molar refractivity (Wildman–Crippen MR) is 66.1 cm³/mol. The summed E-state index contributed by atoms with van der Waals surface area (Å²) in [5, 5.41) is 2.12. The minimum atomic E-state index is 0.176. The van der Waals surface area contributed by atoms with Crippen LogP contribution in [-0.4, -0.2) is 24.5 Å². The Hall–Kier alpha value is -0.380. The van der Waals surface area contributed by atoms with Crippen LogP contribution >= 0.6 is 11.3 Å². The number of likely N-dealkylation sites (N-methyl/N-ethyl adjacent to an activating group) is 1. The van der Waals surface area contributed by atoms with Crippen molar-refractivity contribution in [2.24, 2.45) is 5.73 Å². The van der Waals surface area contributed by atoms with Crippen LogP contribution in [0.3, 0.4) is 0 Å². The quantitative estimate of drug-likeness (QED) is 0.855. The van der Waals surface area contributed by atoms with Gasteiger partial charge in [0.25, 0.3) is 0 Å². The standard InChI is InChI=1S/C12H20N2S/c1-14(2)12(7-3-4-8-12)11(13)10-6-5-9-15-10/h5-6,9,11H,3-4,7-8,13H2,1-2H3. The summed E-state index contributed by atoms with van der Waals surface area (Å²) < 4.78 is 0. The summed E-state index contributed by atoms with van der Waals surface area (Å²) >= 11 is 1.78. The van der Waals surface area contributed by atoms with E-state index in [1.165, 1.54) is 30.6 Å². The molecule has 2 nitrogen and oxygen atoms in total. The highest BCUT2D eigenvalue weighted by Crippen LogP contribution is 2.43. The predicted octanol–water partition coefficient (Wildman–Crippen LogP) is 2.62. The molecule has 0 spiro atoms. The van der Waals surface area contributed by atoms with Crippen LogP contribution in [0.1, 0.15) is 36.6 Å². The van der Waals surface area contributed by atoms with E-state index < -0.39 is 0 Å². The van der Waals surface area contributed by atoms with E-state index in [2.05, 4.69) is 36.5 Å². The van der Waals surface area contributed by atoms with Gasteiger partial charge in [0.05, 0.1) is 6.04 Å². The molecule has 1 heterocycles. The van der Waals surface area contributed by atoms with Crippen molar-refractivity contribution in [2.75, 3.05) is 14.1 Å². The molecule has 0 amide bonds. The lowest BCUT2D eigenvalue weighted by molar-refractivity contribution is 0.125. The van der Waals surface area contributed by atoms with Gasteiger partial charge in [-0.25, -0.2) is 0 Å². The normalized spacial score (nSPS) is 22.1. The van der Waals surface area contributed by atoms with Crippen LogP contribution in [-0.2, 0) is 0 Å². The molecule has 1 aromatic rings. The molecule has 0 radical (unpaired) electrons. The van der Waals surface area contributed by atoms with Gasteiger partial charge in [-0.15, -0.1) is 11.3 Å². The summed E-state index contributed by atoms with van der Waals surface area (Å²) in [6.45, 7) is 0. The maximum absolute atomic E-state index is 6.45. The van der Waals surface area contributed by atoms with Gasteiger partial charge in [0.1, 0.15) is 0 Å². The molecule has 3 heteroatoms. The largest absolute Gasteiger partial charge is 0.322 e. The van der Waals surface area contributed by atoms with Gasteiger partial charge in [-0.3, -0.25) is 0 Å². The molecule has 0 aliphatic heterocycles. The second-order valence-corrected chi connectivity index (χ2v) is 5.68. The molecule has 1 aliphatic carbocycles. The topological polar surface area (TPSA) is 29.3 Å². The molecule has 15 heavy (non-hydrogen) atoms. The maximum Gasteiger partial charge on any atom is 0.0576 e. The van der Waals surface area contributed by atoms with Gasteiger partial charge in [-0.05, 0) is 38.4 Å². The summed E-state index contributed by atoms with van der Waals surface area (Å²) in [6, 6.07) is 4.44. The van der Waals surface area contributed by atoms with Gasteiger partial charge >= 0.3 is 0 Å². The molecule has 0 aromatic carbocycles. The third-order valence-corrected chi connectivity index (χ3v) is 4.74. The second kappa shape index (κ2) is 4.24. The molecule has 1 atom stereocenters. The van der Waals surface area contributed by atoms with E-state index in [1.807, 2.05) is 0 Å². The summed E-state index contributed by atoms with van der Waals surface area (Å²) in [4.78, 5) is 3.66. The monoisotopic (exact) mass is 224 g/mol. The van der Waals surface area contributed by atoms with Crippen LogP contribution in [0.2, 0.25) is 0 Å². The smallest absolute Gasteiger partial charge is 0.0576 e. The minimum Gasteiger partial charge on any atom is -0.322 e. The van der Waals surface area contributed by atoms with Crippen LogP contribution < -0.4 is 5.73 Å². The fourth-order valence-electron chi connectivity index (χ4n) is 2.76. The van der Waals surface area contributed by atoms with Gasteiger partial charge in [0.2, 0.25) is 0 Å². The van der Waals surface area contributed by atoms with Crippen molar-refractivity contribution in [2.45, 2.75) is 37.3 Å². The van der Waals surface area contributed by atoms with Crippen molar-refractivity contribution in [3.05, 3.63) is 22.4 Å². The SMILES string of the molecule is CN(C)C1(C(N)c2cccs2)CCCC1. The van der Waals surface area contributed by atoms with E-state index in [-0.39, 0.29) is 11.6 Å². The number of rotatable bonds is 3. The van der Waals surface area contributed by atoms with Crippen molar-refractivity contribution >= 4 is 11.3 Å². The van der Waals surface area contributed by atoms with Crippen molar-refractivity contribution in [1.29, 1.82) is 0 Å². The van der Waals surface area contributed by atoms with Gasteiger partial charge in [0, 0.05) is 10.4 Å². The first-order chi connectivity index (χ1) is 7.17. The average molecular weight is 224 g/mol. The first-order valence-electron chi connectivity index (χ1n) is 5.63. The first-order valence-corrected chi connectivity index (χ1v) is 6.51. The summed E-state index contributed by atoms with van der Waals surface area (Å²) in [5.74, 6) is 0. The highest BCUT2D eigenvalue weighted by molar-refractivity contribution is 7.10. The molecule has 1 aromatic heterocycles. The van der Waals surface area contributed by atoms with Crippen LogP contribution in [0, 0.1) is 0 Å². The van der Waals surface area contributed by atoms with E-state index in [0.29, 0.717) is 0 Å². The van der Waals surface area contributed by atoms with E-state index in [0.717, 1.165) is 0 Å². The van der Waals surface area contributed by atoms with Gasteiger partial charge in [-0.2, -0.15) is 0 Å². The molecular weight excluding hydrogens is 204 g/mol. The third-order valence-electron chi connectivity index (χ3n) is 3.79. The van der Waals surface area contributed by atoms with Crippen molar-refractivity contribution in [1.82, 2.24) is 4.90 Å². The number of thiophene rings is 1. The molecule has 0 saturated heterocycles.